The summed E-state index contributed by atoms with van der Waals surface area (Å²) in [7, 11) is -3.50. The topological polar surface area (TPSA) is 66.1 Å². The summed E-state index contributed by atoms with van der Waals surface area (Å²) >= 11 is 0. The quantitative estimate of drug-likeness (QED) is 0.879. The third-order valence-corrected chi connectivity index (χ3v) is 4.54. The Hall–Kier alpha value is -1.66. The maximum atomic E-state index is 12.4. The molecule has 0 atom stereocenters. The summed E-state index contributed by atoms with van der Waals surface area (Å²) < 4.78 is 26.4. The predicted octanol–water partition coefficient (Wildman–Crippen LogP) is 2.01. The van der Waals surface area contributed by atoms with E-state index in [-0.39, 0.29) is 5.03 Å². The highest BCUT2D eigenvalue weighted by Crippen LogP contribution is 2.16. The smallest absolute Gasteiger partial charge is 0.260 e. The van der Waals surface area contributed by atoms with Crippen molar-refractivity contribution in [1.82, 2.24) is 14.3 Å². The molecule has 0 saturated heterocycles. The zero-order valence-corrected chi connectivity index (χ0v) is 11.6. The van der Waals surface area contributed by atoms with Crippen LogP contribution in [0.4, 0.5) is 0 Å². The second kappa shape index (κ2) is 5.99. The molecule has 1 heterocycles. The van der Waals surface area contributed by atoms with Gasteiger partial charge in [0, 0.05) is 13.1 Å². The highest BCUT2D eigenvalue weighted by Gasteiger charge is 2.25. The summed E-state index contributed by atoms with van der Waals surface area (Å²) in [5.74, 6) is 0. The third-order valence-electron chi connectivity index (χ3n) is 2.77. The number of aromatic nitrogens is 2. The molecule has 0 bridgehead atoms. The van der Waals surface area contributed by atoms with E-state index in [0.29, 0.717) is 13.1 Å². The standard InChI is InChI=1S/C13H17N3O2S/c1-2-8-16(10-12-6-4-3-5-7-12)19(17,18)13-9-14-11-15-13/h3-7,9,11H,2,8,10H2,1H3,(H,14,15). The molecule has 1 N–H and O–H groups in total. The van der Waals surface area contributed by atoms with Crippen LogP contribution in [-0.2, 0) is 16.6 Å². The van der Waals surface area contributed by atoms with Gasteiger partial charge in [-0.25, -0.2) is 13.4 Å². The van der Waals surface area contributed by atoms with E-state index < -0.39 is 10.0 Å². The molecule has 102 valence electrons. The van der Waals surface area contributed by atoms with Gasteiger partial charge < -0.3 is 4.98 Å². The molecule has 1 aromatic heterocycles. The molecule has 19 heavy (non-hydrogen) atoms. The third kappa shape index (κ3) is 3.21. The monoisotopic (exact) mass is 279 g/mol. The maximum Gasteiger partial charge on any atom is 0.260 e. The molecule has 2 rings (SSSR count). The minimum atomic E-state index is -3.50. The van der Waals surface area contributed by atoms with E-state index in [2.05, 4.69) is 9.97 Å². The first kappa shape index (κ1) is 13.8. The number of benzene rings is 1. The Morgan fingerprint density at radius 3 is 2.58 bits per heavy atom. The Bertz CT molecular complexity index is 594. The van der Waals surface area contributed by atoms with Crippen LogP contribution in [0, 0.1) is 0 Å². The van der Waals surface area contributed by atoms with Crippen molar-refractivity contribution in [3.8, 4) is 0 Å². The summed E-state index contributed by atoms with van der Waals surface area (Å²) in [5, 5.41) is 0.136. The van der Waals surface area contributed by atoms with Crippen LogP contribution >= 0.6 is 0 Å². The van der Waals surface area contributed by atoms with Crippen molar-refractivity contribution in [2.45, 2.75) is 24.9 Å². The number of hydrogen-bond acceptors (Lipinski definition) is 3. The van der Waals surface area contributed by atoms with Gasteiger partial charge in [-0.1, -0.05) is 37.3 Å². The van der Waals surface area contributed by atoms with Crippen molar-refractivity contribution in [3.05, 3.63) is 48.4 Å². The molecule has 0 radical (unpaired) electrons. The SMILES string of the molecule is CCCN(Cc1ccccc1)S(=O)(=O)c1cnc[nH]1. The van der Waals surface area contributed by atoms with E-state index in [1.807, 2.05) is 37.3 Å². The first-order valence-corrected chi connectivity index (χ1v) is 7.61. The van der Waals surface area contributed by atoms with E-state index >= 15 is 0 Å². The van der Waals surface area contributed by atoms with Crippen LogP contribution in [0.2, 0.25) is 0 Å². The van der Waals surface area contributed by atoms with Gasteiger partial charge in [0.05, 0.1) is 12.5 Å². The maximum absolute atomic E-state index is 12.4. The number of sulfonamides is 1. The Kier molecular flexibility index (Phi) is 4.34. The van der Waals surface area contributed by atoms with Crippen molar-refractivity contribution in [3.63, 3.8) is 0 Å². The summed E-state index contributed by atoms with van der Waals surface area (Å²) in [6.45, 7) is 2.81. The lowest BCUT2D eigenvalue weighted by atomic mass is 10.2. The lowest BCUT2D eigenvalue weighted by molar-refractivity contribution is 0.404. The fourth-order valence-electron chi connectivity index (χ4n) is 1.84. The highest BCUT2D eigenvalue weighted by molar-refractivity contribution is 7.89. The van der Waals surface area contributed by atoms with E-state index in [0.717, 1.165) is 12.0 Å². The predicted molar refractivity (Wildman–Crippen MR) is 72.9 cm³/mol. The molecule has 1 aromatic carbocycles. The minimum Gasteiger partial charge on any atom is -0.335 e. The fourth-order valence-corrected chi connectivity index (χ4v) is 3.26. The average Bonchev–Trinajstić information content (AvgIpc) is 2.94. The van der Waals surface area contributed by atoms with Gasteiger partial charge in [0.25, 0.3) is 10.0 Å². The highest BCUT2D eigenvalue weighted by atomic mass is 32.2. The zero-order chi connectivity index (χ0) is 13.7. The van der Waals surface area contributed by atoms with Crippen molar-refractivity contribution in [2.75, 3.05) is 6.54 Å². The van der Waals surface area contributed by atoms with Crippen LogP contribution in [0.15, 0.2) is 47.9 Å². The Labute approximate surface area is 113 Å². The average molecular weight is 279 g/mol. The van der Waals surface area contributed by atoms with E-state index in [1.54, 1.807) is 0 Å². The molecule has 6 heteroatoms. The summed E-state index contributed by atoms with van der Waals surface area (Å²) in [4.78, 5) is 6.44. The normalized spacial score (nSPS) is 11.9. The van der Waals surface area contributed by atoms with Gasteiger partial charge in [-0.2, -0.15) is 4.31 Å². The molecule has 0 aliphatic heterocycles. The summed E-state index contributed by atoms with van der Waals surface area (Å²) in [6.07, 6.45) is 3.47. The lowest BCUT2D eigenvalue weighted by Gasteiger charge is -2.20. The Morgan fingerprint density at radius 1 is 1.26 bits per heavy atom. The first-order chi connectivity index (χ1) is 9.14. The largest absolute Gasteiger partial charge is 0.335 e. The van der Waals surface area contributed by atoms with E-state index in [4.69, 9.17) is 0 Å². The van der Waals surface area contributed by atoms with Crippen molar-refractivity contribution in [1.29, 1.82) is 0 Å². The van der Waals surface area contributed by atoms with Gasteiger partial charge in [0.2, 0.25) is 0 Å². The molecule has 0 fully saturated rings. The second-order valence-electron chi connectivity index (χ2n) is 4.24. The van der Waals surface area contributed by atoms with Crippen LogP contribution in [0.1, 0.15) is 18.9 Å². The van der Waals surface area contributed by atoms with Crippen molar-refractivity contribution in [2.24, 2.45) is 0 Å². The van der Waals surface area contributed by atoms with Crippen LogP contribution < -0.4 is 0 Å². The Morgan fingerprint density at radius 2 is 2.00 bits per heavy atom. The number of aromatic amines is 1. The number of rotatable bonds is 6. The number of hydrogen-bond donors (Lipinski definition) is 1. The molecule has 0 saturated carbocycles. The molecular formula is C13H17N3O2S. The molecule has 2 aromatic rings. The molecule has 0 aliphatic rings. The molecular weight excluding hydrogens is 262 g/mol. The first-order valence-electron chi connectivity index (χ1n) is 6.17. The number of nitrogens with zero attached hydrogens (tertiary/aromatic N) is 2. The fraction of sp³-hybridized carbons (Fsp3) is 0.308. The van der Waals surface area contributed by atoms with Gasteiger partial charge in [0.15, 0.2) is 5.03 Å². The van der Waals surface area contributed by atoms with Gasteiger partial charge >= 0.3 is 0 Å². The van der Waals surface area contributed by atoms with Gasteiger partial charge in [0.1, 0.15) is 0 Å². The van der Waals surface area contributed by atoms with E-state index in [1.165, 1.54) is 16.8 Å². The molecule has 0 amide bonds. The Balaban J connectivity index is 2.26. The van der Waals surface area contributed by atoms with Gasteiger partial charge in [-0.05, 0) is 12.0 Å². The minimum absolute atomic E-state index is 0.136. The zero-order valence-electron chi connectivity index (χ0n) is 10.8. The number of imidazole rings is 1. The van der Waals surface area contributed by atoms with Crippen molar-refractivity contribution >= 4 is 10.0 Å². The lowest BCUT2D eigenvalue weighted by Crippen LogP contribution is -2.31. The molecule has 0 unspecified atom stereocenters. The second-order valence-corrected chi connectivity index (χ2v) is 6.15. The molecule has 0 aliphatic carbocycles. The van der Waals surface area contributed by atoms with Crippen molar-refractivity contribution < 1.29 is 8.42 Å². The van der Waals surface area contributed by atoms with Gasteiger partial charge in [-0.3, -0.25) is 0 Å². The van der Waals surface area contributed by atoms with Crippen LogP contribution in [0.5, 0.6) is 0 Å². The van der Waals surface area contributed by atoms with Gasteiger partial charge in [-0.15, -0.1) is 0 Å². The molecule has 0 spiro atoms. The van der Waals surface area contributed by atoms with Crippen LogP contribution in [0.25, 0.3) is 0 Å². The summed E-state index contributed by atoms with van der Waals surface area (Å²) in [5.41, 5.74) is 0.971. The number of nitrogens with one attached hydrogen (secondary N) is 1. The van der Waals surface area contributed by atoms with Crippen LogP contribution in [0.3, 0.4) is 0 Å². The summed E-state index contributed by atoms with van der Waals surface area (Å²) in [6, 6.07) is 9.57. The molecule has 5 nitrogen and oxygen atoms in total. The number of H-pyrrole nitrogens is 1. The van der Waals surface area contributed by atoms with E-state index in [9.17, 15) is 8.42 Å². The van der Waals surface area contributed by atoms with Crippen LogP contribution in [-0.4, -0.2) is 29.2 Å².